The van der Waals surface area contributed by atoms with Crippen molar-refractivity contribution >= 4 is 34.8 Å². The van der Waals surface area contributed by atoms with Crippen LogP contribution in [0.3, 0.4) is 0 Å². The Labute approximate surface area is 155 Å². The molecule has 0 bridgehead atoms. The van der Waals surface area contributed by atoms with Crippen LogP contribution in [0.4, 0.5) is 13.2 Å². The first-order valence-corrected chi connectivity index (χ1v) is 7.95. The van der Waals surface area contributed by atoms with E-state index >= 15 is 0 Å². The zero-order valence-corrected chi connectivity index (χ0v) is 14.4. The standard InChI is InChI=1S/C16H8Cl3F3N2O/c17-10-5-7(20)1-3-9(10)14(25)13-15(18)23-16(19)24(13)12-4-2-8(21)6-11(12)22/h1-6,14,25H. The molecular weight excluding hydrogens is 400 g/mol. The molecule has 0 radical (unpaired) electrons. The third kappa shape index (κ3) is 3.35. The minimum Gasteiger partial charge on any atom is -0.382 e. The minimum atomic E-state index is -1.48. The van der Waals surface area contributed by atoms with Crippen molar-refractivity contribution in [2.24, 2.45) is 0 Å². The quantitative estimate of drug-likeness (QED) is 0.637. The molecule has 0 fully saturated rings. The van der Waals surface area contributed by atoms with E-state index in [1.807, 2.05) is 0 Å². The number of aliphatic hydroxyl groups is 1. The molecule has 1 N–H and O–H groups in total. The Bertz CT molecular complexity index is 962. The molecule has 0 spiro atoms. The SMILES string of the molecule is OC(c1ccc(F)cc1Cl)c1c(Cl)nc(Cl)n1-c1ccc(F)cc1F. The molecule has 1 unspecified atom stereocenters. The molecule has 25 heavy (non-hydrogen) atoms. The number of rotatable bonds is 3. The van der Waals surface area contributed by atoms with Crippen LogP contribution in [0.25, 0.3) is 5.69 Å². The van der Waals surface area contributed by atoms with Gasteiger partial charge < -0.3 is 5.11 Å². The van der Waals surface area contributed by atoms with E-state index in [0.717, 1.165) is 28.8 Å². The highest BCUT2D eigenvalue weighted by Crippen LogP contribution is 2.36. The molecule has 3 nitrogen and oxygen atoms in total. The smallest absolute Gasteiger partial charge is 0.209 e. The van der Waals surface area contributed by atoms with Crippen LogP contribution in [-0.2, 0) is 0 Å². The molecular formula is C16H8Cl3F3N2O. The van der Waals surface area contributed by atoms with Crippen molar-refractivity contribution < 1.29 is 18.3 Å². The molecule has 0 aliphatic carbocycles. The molecule has 3 aromatic rings. The number of hydrogen-bond acceptors (Lipinski definition) is 2. The van der Waals surface area contributed by atoms with Crippen LogP contribution in [0.1, 0.15) is 17.4 Å². The Hall–Kier alpha value is -1.73. The van der Waals surface area contributed by atoms with Gasteiger partial charge in [0.05, 0.1) is 11.4 Å². The summed E-state index contributed by atoms with van der Waals surface area (Å²) in [5.74, 6) is -2.31. The van der Waals surface area contributed by atoms with Gasteiger partial charge in [-0.25, -0.2) is 18.2 Å². The van der Waals surface area contributed by atoms with Gasteiger partial charge in [0.15, 0.2) is 5.15 Å². The molecule has 0 aliphatic heterocycles. The molecule has 0 amide bonds. The Morgan fingerprint density at radius 1 is 0.960 bits per heavy atom. The Morgan fingerprint density at radius 2 is 1.60 bits per heavy atom. The summed E-state index contributed by atoms with van der Waals surface area (Å²) in [4.78, 5) is 3.80. The maximum absolute atomic E-state index is 14.2. The zero-order chi connectivity index (χ0) is 18.3. The fraction of sp³-hybridized carbons (Fsp3) is 0.0625. The fourth-order valence-electron chi connectivity index (χ4n) is 2.38. The maximum Gasteiger partial charge on any atom is 0.209 e. The monoisotopic (exact) mass is 406 g/mol. The van der Waals surface area contributed by atoms with Gasteiger partial charge in [-0.1, -0.05) is 29.3 Å². The van der Waals surface area contributed by atoms with E-state index in [9.17, 15) is 18.3 Å². The minimum absolute atomic E-state index is 0.0629. The van der Waals surface area contributed by atoms with Crippen molar-refractivity contribution in [1.82, 2.24) is 9.55 Å². The molecule has 0 saturated carbocycles. The van der Waals surface area contributed by atoms with E-state index in [-0.39, 0.29) is 32.4 Å². The molecule has 0 aliphatic rings. The predicted octanol–water partition coefficient (Wildman–Crippen LogP) is 5.33. The lowest BCUT2D eigenvalue weighted by Crippen LogP contribution is -2.10. The largest absolute Gasteiger partial charge is 0.382 e. The first-order chi connectivity index (χ1) is 11.8. The molecule has 2 aromatic carbocycles. The number of aliphatic hydroxyl groups excluding tert-OH is 1. The van der Waals surface area contributed by atoms with Crippen LogP contribution in [0.2, 0.25) is 15.5 Å². The summed E-state index contributed by atoms with van der Waals surface area (Å²) in [6, 6.07) is 6.15. The summed E-state index contributed by atoms with van der Waals surface area (Å²) < 4.78 is 41.6. The van der Waals surface area contributed by atoms with Gasteiger partial charge in [0.2, 0.25) is 5.28 Å². The Morgan fingerprint density at radius 3 is 2.24 bits per heavy atom. The van der Waals surface area contributed by atoms with Crippen molar-refractivity contribution in [1.29, 1.82) is 0 Å². The van der Waals surface area contributed by atoms with Gasteiger partial charge in [-0.2, -0.15) is 0 Å². The van der Waals surface area contributed by atoms with Crippen LogP contribution < -0.4 is 0 Å². The van der Waals surface area contributed by atoms with E-state index in [1.54, 1.807) is 0 Å². The Kier molecular flexibility index (Phi) is 4.97. The van der Waals surface area contributed by atoms with E-state index in [1.165, 1.54) is 6.07 Å². The predicted molar refractivity (Wildman–Crippen MR) is 89.0 cm³/mol. The number of aromatic nitrogens is 2. The van der Waals surface area contributed by atoms with E-state index in [4.69, 9.17) is 34.8 Å². The second-order valence-electron chi connectivity index (χ2n) is 5.06. The average molecular weight is 408 g/mol. The summed E-state index contributed by atoms with van der Waals surface area (Å²) in [6.45, 7) is 0. The van der Waals surface area contributed by atoms with Gasteiger partial charge in [0.1, 0.15) is 23.6 Å². The highest BCUT2D eigenvalue weighted by molar-refractivity contribution is 6.33. The number of imidazole rings is 1. The summed E-state index contributed by atoms with van der Waals surface area (Å²) in [5.41, 5.74) is -0.144. The fourth-order valence-corrected chi connectivity index (χ4v) is 3.23. The molecule has 1 atom stereocenters. The second-order valence-corrected chi connectivity index (χ2v) is 6.16. The number of halogens is 6. The van der Waals surface area contributed by atoms with E-state index in [2.05, 4.69) is 4.98 Å². The van der Waals surface area contributed by atoms with Crippen LogP contribution in [0, 0.1) is 17.5 Å². The van der Waals surface area contributed by atoms with Crippen LogP contribution in [0.15, 0.2) is 36.4 Å². The normalized spacial score (nSPS) is 12.4. The molecule has 9 heteroatoms. The van der Waals surface area contributed by atoms with Gasteiger partial charge >= 0.3 is 0 Å². The van der Waals surface area contributed by atoms with Crippen molar-refractivity contribution in [2.45, 2.75) is 6.10 Å². The lowest BCUT2D eigenvalue weighted by atomic mass is 10.1. The highest BCUT2D eigenvalue weighted by atomic mass is 35.5. The summed E-state index contributed by atoms with van der Waals surface area (Å²) >= 11 is 18.0. The van der Waals surface area contributed by atoms with Crippen molar-refractivity contribution in [3.8, 4) is 5.69 Å². The third-order valence-electron chi connectivity index (χ3n) is 3.49. The van der Waals surface area contributed by atoms with Crippen molar-refractivity contribution in [2.75, 3.05) is 0 Å². The van der Waals surface area contributed by atoms with Crippen LogP contribution in [-0.4, -0.2) is 14.7 Å². The molecule has 1 heterocycles. The number of hydrogen-bond donors (Lipinski definition) is 1. The second kappa shape index (κ2) is 6.88. The van der Waals surface area contributed by atoms with Gasteiger partial charge in [0, 0.05) is 16.7 Å². The van der Waals surface area contributed by atoms with E-state index in [0.29, 0.717) is 6.07 Å². The Balaban J connectivity index is 2.20. The average Bonchev–Trinajstić information content (AvgIpc) is 2.81. The summed E-state index contributed by atoms with van der Waals surface area (Å²) in [5, 5.41) is 10.1. The molecule has 130 valence electrons. The van der Waals surface area contributed by atoms with Crippen molar-refractivity contribution in [3.63, 3.8) is 0 Å². The summed E-state index contributed by atoms with van der Waals surface area (Å²) in [6.07, 6.45) is -1.48. The number of nitrogens with zero attached hydrogens (tertiary/aromatic N) is 2. The third-order valence-corrected chi connectivity index (χ3v) is 4.35. The van der Waals surface area contributed by atoms with Gasteiger partial charge in [0.25, 0.3) is 0 Å². The molecule has 0 saturated heterocycles. The lowest BCUT2D eigenvalue weighted by Gasteiger charge is -2.17. The maximum atomic E-state index is 14.2. The molecule has 1 aromatic heterocycles. The van der Waals surface area contributed by atoms with Crippen molar-refractivity contribution in [3.05, 3.63) is 80.6 Å². The molecule has 3 rings (SSSR count). The topological polar surface area (TPSA) is 38.1 Å². The van der Waals surface area contributed by atoms with Gasteiger partial charge in [-0.05, 0) is 35.9 Å². The highest BCUT2D eigenvalue weighted by Gasteiger charge is 2.27. The van der Waals surface area contributed by atoms with Gasteiger partial charge in [-0.3, -0.25) is 4.57 Å². The summed E-state index contributed by atoms with van der Waals surface area (Å²) in [7, 11) is 0. The number of benzene rings is 2. The first-order valence-electron chi connectivity index (χ1n) is 6.81. The van der Waals surface area contributed by atoms with Crippen LogP contribution >= 0.6 is 34.8 Å². The van der Waals surface area contributed by atoms with Crippen LogP contribution in [0.5, 0.6) is 0 Å². The first kappa shape index (κ1) is 18.1. The zero-order valence-electron chi connectivity index (χ0n) is 12.2. The lowest BCUT2D eigenvalue weighted by molar-refractivity contribution is 0.213. The van der Waals surface area contributed by atoms with E-state index < -0.39 is 23.6 Å². The van der Waals surface area contributed by atoms with Gasteiger partial charge in [-0.15, -0.1) is 0 Å².